The molecule has 0 amide bonds. The molecule has 0 radical (unpaired) electrons. The lowest BCUT2D eigenvalue weighted by molar-refractivity contribution is 0.413. The number of hydrogen-bond acceptors (Lipinski definition) is 3. The molecule has 0 saturated heterocycles. The molecule has 2 heterocycles. The fourth-order valence-electron chi connectivity index (χ4n) is 8.03. The highest BCUT2D eigenvalue weighted by Crippen LogP contribution is 2.44. The van der Waals surface area contributed by atoms with Crippen LogP contribution in [0.2, 0.25) is 0 Å². The first-order chi connectivity index (χ1) is 32.2. The number of para-hydroxylation sites is 1. The third-order valence-corrected chi connectivity index (χ3v) is 11.4. The molecule has 0 spiro atoms. The zero-order valence-electron chi connectivity index (χ0n) is 45.4. The smallest absolute Gasteiger partial charge is 0.149 e. The molecule has 6 aromatic carbocycles. The van der Waals surface area contributed by atoms with E-state index >= 15 is 0 Å². The minimum Gasteiger partial charge on any atom is -0.496 e. The first kappa shape index (κ1) is 32.5. The Kier molecular flexibility index (Phi) is 8.34. The average molecular weight is 810 g/mol. The predicted molar refractivity (Wildman–Crippen MR) is 258 cm³/mol. The summed E-state index contributed by atoms with van der Waals surface area (Å²) in [7, 11) is 1.69. The molecule has 8 aromatic rings. The van der Waals surface area contributed by atoms with Gasteiger partial charge in [-0.3, -0.25) is 9.55 Å². The summed E-state index contributed by atoms with van der Waals surface area (Å²) in [5, 5.41) is 0. The lowest BCUT2D eigenvalue weighted by Crippen LogP contribution is -2.13. The van der Waals surface area contributed by atoms with Crippen LogP contribution in [0, 0.1) is 13.8 Å². The number of methoxy groups -OCH3 is 1. The highest BCUT2D eigenvalue weighted by atomic mass is 16.5. The Morgan fingerprint density at radius 1 is 0.574 bits per heavy atom. The lowest BCUT2D eigenvalue weighted by atomic mass is 9.83. The van der Waals surface area contributed by atoms with Crippen LogP contribution in [0.5, 0.6) is 5.75 Å². The van der Waals surface area contributed by atoms with Gasteiger partial charge in [0, 0.05) is 22.9 Å². The third kappa shape index (κ3) is 8.16. The molecule has 0 bridgehead atoms. The van der Waals surface area contributed by atoms with E-state index in [1.165, 1.54) is 5.56 Å². The minimum absolute atomic E-state index is 0.0230. The molecule has 0 aliphatic rings. The summed E-state index contributed by atoms with van der Waals surface area (Å²) in [6.45, 7) is 23.7. The van der Waals surface area contributed by atoms with Crippen LogP contribution < -0.4 is 4.74 Å². The van der Waals surface area contributed by atoms with E-state index in [1.54, 1.807) is 7.11 Å². The monoisotopic (exact) mass is 810 g/mol. The van der Waals surface area contributed by atoms with Gasteiger partial charge < -0.3 is 4.74 Å². The molecule has 0 aliphatic carbocycles. The molecular formula is C57H59N3O. The predicted octanol–water partition coefficient (Wildman–Crippen LogP) is 15.3. The molecule has 8 rings (SSSR count). The fraction of sp³-hybridized carbons (Fsp3) is 0.263. The second kappa shape index (κ2) is 15.6. The highest BCUT2D eigenvalue weighted by molar-refractivity contribution is 5.98. The summed E-state index contributed by atoms with van der Waals surface area (Å²) in [4.78, 5) is 10.1. The second-order valence-corrected chi connectivity index (χ2v) is 19.2. The summed E-state index contributed by atoms with van der Waals surface area (Å²) in [6, 6.07) is 28.1. The van der Waals surface area contributed by atoms with Gasteiger partial charge >= 0.3 is 0 Å². The van der Waals surface area contributed by atoms with Crippen molar-refractivity contribution < 1.29 is 15.7 Å². The number of aryl methyl sites for hydroxylation is 2. The van der Waals surface area contributed by atoms with Gasteiger partial charge in [-0.15, -0.1) is 0 Å². The number of fused-ring (bicyclic) bond motifs is 1. The Morgan fingerprint density at radius 2 is 1.25 bits per heavy atom. The van der Waals surface area contributed by atoms with Gasteiger partial charge in [-0.1, -0.05) is 153 Å². The van der Waals surface area contributed by atoms with Crippen LogP contribution in [0.25, 0.3) is 72.7 Å². The quantitative estimate of drug-likeness (QED) is 0.161. The number of hydrogen-bond donors (Lipinski definition) is 0. The van der Waals surface area contributed by atoms with Crippen molar-refractivity contribution in [3.8, 4) is 67.5 Å². The van der Waals surface area contributed by atoms with E-state index in [4.69, 9.17) is 19.3 Å². The third-order valence-electron chi connectivity index (χ3n) is 11.4. The van der Waals surface area contributed by atoms with Crippen LogP contribution in [0.1, 0.15) is 101 Å². The Balaban J connectivity index is 1.47. The van der Waals surface area contributed by atoms with Gasteiger partial charge in [-0.25, -0.2) is 4.98 Å². The molecule has 61 heavy (non-hydrogen) atoms. The van der Waals surface area contributed by atoms with Crippen LogP contribution in [0.4, 0.5) is 0 Å². The number of pyridine rings is 1. The number of nitrogens with zero attached hydrogens (tertiary/aromatic N) is 3. The van der Waals surface area contributed by atoms with Crippen molar-refractivity contribution in [2.24, 2.45) is 0 Å². The van der Waals surface area contributed by atoms with Crippen molar-refractivity contribution in [1.29, 1.82) is 0 Å². The van der Waals surface area contributed by atoms with E-state index in [2.05, 4.69) is 146 Å². The molecule has 0 aliphatic heterocycles. The van der Waals surface area contributed by atoms with Crippen LogP contribution in [0.3, 0.4) is 0 Å². The molecule has 2 aromatic heterocycles. The van der Waals surface area contributed by atoms with Gasteiger partial charge in [0.25, 0.3) is 0 Å². The maximum Gasteiger partial charge on any atom is 0.149 e. The van der Waals surface area contributed by atoms with E-state index < -0.39 is 47.8 Å². The maximum absolute atomic E-state index is 9.54. The minimum atomic E-state index is -0.590. The summed E-state index contributed by atoms with van der Waals surface area (Å²) in [6.07, 6.45) is -0.486. The Morgan fingerprint density at radius 3 is 1.92 bits per heavy atom. The number of rotatable bonds is 7. The van der Waals surface area contributed by atoms with Crippen LogP contribution in [0.15, 0.2) is 139 Å². The van der Waals surface area contributed by atoms with Gasteiger partial charge in [0.2, 0.25) is 0 Å². The topological polar surface area (TPSA) is 39.9 Å². The molecule has 308 valence electrons. The molecule has 0 atom stereocenters. The molecule has 4 heteroatoms. The number of aromatic nitrogens is 3. The molecule has 0 unspecified atom stereocenters. The van der Waals surface area contributed by atoms with Gasteiger partial charge in [-0.2, -0.15) is 0 Å². The number of benzene rings is 6. The SMILES string of the molecule is [2H]c1nc(-c2cc(-c3cccc4c3nc(-c3cc(C)cc(C)c3OC)n4-c3cc(C(C)(C)C)ccc3-c3ccc(C(C)(C)C)cc3)cc(C(C)(C)C)c2)c([2H])c(-c2c([2H])c([2H])c([2H])c([2H])c2[2H])c1[2H]. The maximum atomic E-state index is 9.54. The first-order valence-corrected chi connectivity index (χ1v) is 20.9. The molecule has 4 nitrogen and oxygen atoms in total. The van der Waals surface area contributed by atoms with Crippen molar-refractivity contribution in [3.05, 3.63) is 167 Å². The Labute approximate surface area is 374 Å². The molecule has 0 saturated carbocycles. The van der Waals surface area contributed by atoms with Gasteiger partial charge in [0.05, 0.1) is 46.1 Å². The van der Waals surface area contributed by atoms with Crippen molar-refractivity contribution in [2.45, 2.75) is 92.4 Å². The van der Waals surface area contributed by atoms with Crippen molar-refractivity contribution >= 4 is 11.0 Å². The zero-order chi connectivity index (χ0) is 50.4. The van der Waals surface area contributed by atoms with Gasteiger partial charge in [0.1, 0.15) is 11.6 Å². The first-order valence-electron chi connectivity index (χ1n) is 24.9. The standard InChI is InChI=1S/C57H59N3O/c1-36-29-37(2)53(61-12)48(30-36)54-59-52-47(41-31-42(33-45(32-41)57(9,10)11)49-34-40(27-28-58-49)38-17-14-13-15-18-38)19-16-20-50(52)60(54)51-35-44(56(6,7)8)25-26-46(51)39-21-23-43(24-22-39)55(3,4)5/h13-35H,1-12H3/i13D,14D,15D,17D,18D,27D,28D,34D. The summed E-state index contributed by atoms with van der Waals surface area (Å²) < 4.78 is 78.1. The highest BCUT2D eigenvalue weighted by Gasteiger charge is 2.26. The summed E-state index contributed by atoms with van der Waals surface area (Å²) in [5.74, 6) is 1.40. The van der Waals surface area contributed by atoms with E-state index in [0.717, 1.165) is 61.3 Å². The van der Waals surface area contributed by atoms with Gasteiger partial charge in [0.15, 0.2) is 0 Å². The van der Waals surface area contributed by atoms with E-state index in [1.807, 2.05) is 31.2 Å². The molecule has 0 fully saturated rings. The van der Waals surface area contributed by atoms with E-state index in [0.29, 0.717) is 22.7 Å². The number of ether oxygens (including phenoxy) is 1. The van der Waals surface area contributed by atoms with Crippen LogP contribution in [-0.4, -0.2) is 21.6 Å². The van der Waals surface area contributed by atoms with E-state index in [-0.39, 0.29) is 33.7 Å². The Bertz CT molecular complexity index is 3340. The van der Waals surface area contributed by atoms with Crippen molar-refractivity contribution in [1.82, 2.24) is 14.5 Å². The normalized spacial score (nSPS) is 14.1. The largest absolute Gasteiger partial charge is 0.496 e. The fourth-order valence-corrected chi connectivity index (χ4v) is 8.03. The van der Waals surface area contributed by atoms with Crippen molar-refractivity contribution in [2.75, 3.05) is 7.11 Å². The summed E-state index contributed by atoms with van der Waals surface area (Å²) >= 11 is 0. The Hall–Kier alpha value is -6.26. The van der Waals surface area contributed by atoms with Crippen molar-refractivity contribution in [3.63, 3.8) is 0 Å². The summed E-state index contributed by atoms with van der Waals surface area (Å²) in [5.41, 5.74) is 11.6. The second-order valence-electron chi connectivity index (χ2n) is 19.2. The average Bonchev–Trinajstić information content (AvgIpc) is 3.68. The molecular weight excluding hydrogens is 743 g/mol. The molecule has 0 N–H and O–H groups in total. The number of imidazole rings is 1. The van der Waals surface area contributed by atoms with E-state index in [9.17, 15) is 1.37 Å². The van der Waals surface area contributed by atoms with Crippen LogP contribution in [-0.2, 0) is 16.2 Å². The zero-order valence-corrected chi connectivity index (χ0v) is 37.4. The lowest BCUT2D eigenvalue weighted by Gasteiger charge is -2.24. The van der Waals surface area contributed by atoms with Crippen LogP contribution >= 0.6 is 0 Å². The van der Waals surface area contributed by atoms with Gasteiger partial charge in [-0.05, 0) is 123 Å².